The number of aromatic nitrogens is 1. The van der Waals surface area contributed by atoms with E-state index in [1.165, 1.54) is 0 Å². The van der Waals surface area contributed by atoms with E-state index in [0.29, 0.717) is 6.04 Å². The van der Waals surface area contributed by atoms with E-state index in [2.05, 4.69) is 21.7 Å². The number of ether oxygens (including phenoxy) is 1. The lowest BCUT2D eigenvalue weighted by atomic mass is 9.91. The van der Waals surface area contributed by atoms with E-state index in [1.807, 2.05) is 40.0 Å². The van der Waals surface area contributed by atoms with Crippen molar-refractivity contribution in [3.05, 3.63) is 24.0 Å². The maximum absolute atomic E-state index is 11.8. The van der Waals surface area contributed by atoms with Gasteiger partial charge < -0.3 is 15.4 Å². The van der Waals surface area contributed by atoms with Crippen LogP contribution in [0.5, 0.6) is 0 Å². The highest BCUT2D eigenvalue weighted by Crippen LogP contribution is 2.22. The number of carbonyl (C=O) groups excluding carboxylic acids is 1. The topological polar surface area (TPSA) is 63.2 Å². The highest BCUT2D eigenvalue weighted by molar-refractivity contribution is 5.68. The molecule has 0 saturated heterocycles. The molecule has 1 heterocycles. The zero-order chi connectivity index (χ0) is 16.2. The van der Waals surface area contributed by atoms with Gasteiger partial charge in [-0.3, -0.25) is 4.98 Å². The van der Waals surface area contributed by atoms with Crippen molar-refractivity contribution in [2.24, 2.45) is 0 Å². The molecule has 0 aromatic carbocycles. The number of carbonyl (C=O) groups is 1. The minimum atomic E-state index is -0.443. The van der Waals surface area contributed by atoms with E-state index < -0.39 is 5.60 Å². The zero-order valence-electron chi connectivity index (χ0n) is 14.0. The Bertz CT molecular complexity index is 486. The molecule has 0 spiro atoms. The minimum absolute atomic E-state index is 0.212. The average Bonchev–Trinajstić information content (AvgIpc) is 2.41. The van der Waals surface area contributed by atoms with Crippen LogP contribution < -0.4 is 10.6 Å². The Morgan fingerprint density at radius 1 is 1.18 bits per heavy atom. The Morgan fingerprint density at radius 2 is 1.82 bits per heavy atom. The Hall–Kier alpha value is -1.78. The third-order valence-corrected chi connectivity index (χ3v) is 3.73. The fraction of sp³-hybridized carbons (Fsp3) is 0.647. The van der Waals surface area contributed by atoms with Gasteiger partial charge in [-0.2, -0.15) is 0 Å². The molecule has 0 radical (unpaired) electrons. The molecule has 0 atom stereocenters. The van der Waals surface area contributed by atoms with Gasteiger partial charge in [0, 0.05) is 17.8 Å². The predicted octanol–water partition coefficient (Wildman–Crippen LogP) is 3.64. The van der Waals surface area contributed by atoms with Gasteiger partial charge in [-0.1, -0.05) is 0 Å². The Morgan fingerprint density at radius 3 is 2.36 bits per heavy atom. The van der Waals surface area contributed by atoms with Crippen LogP contribution in [0.15, 0.2) is 18.3 Å². The number of hydrogen-bond donors (Lipinski definition) is 2. The van der Waals surface area contributed by atoms with Gasteiger partial charge in [0.15, 0.2) is 0 Å². The van der Waals surface area contributed by atoms with Crippen LogP contribution in [0.2, 0.25) is 0 Å². The summed E-state index contributed by atoms with van der Waals surface area (Å²) in [5, 5.41) is 6.48. The summed E-state index contributed by atoms with van der Waals surface area (Å²) in [6.07, 6.45) is 5.57. The lowest BCUT2D eigenvalue weighted by molar-refractivity contribution is 0.0492. The smallest absolute Gasteiger partial charge is 0.407 e. The summed E-state index contributed by atoms with van der Waals surface area (Å²) in [7, 11) is 0. The molecule has 1 aliphatic rings. The third-order valence-electron chi connectivity index (χ3n) is 3.73. The highest BCUT2D eigenvalue weighted by atomic mass is 16.6. The summed E-state index contributed by atoms with van der Waals surface area (Å²) < 4.78 is 5.30. The van der Waals surface area contributed by atoms with Crippen molar-refractivity contribution in [1.29, 1.82) is 0 Å². The SMILES string of the molecule is Cc1ccc(NC2CCC(NC(=O)OC(C)(C)C)CC2)cn1. The van der Waals surface area contributed by atoms with E-state index in [1.54, 1.807) is 0 Å². The van der Waals surface area contributed by atoms with Crippen molar-refractivity contribution < 1.29 is 9.53 Å². The largest absolute Gasteiger partial charge is 0.444 e. The van der Waals surface area contributed by atoms with Crippen LogP contribution in [0, 0.1) is 6.92 Å². The molecule has 122 valence electrons. The standard InChI is InChI=1S/C17H27N3O2/c1-12-5-6-15(11-18-12)19-13-7-9-14(10-8-13)20-16(21)22-17(2,3)4/h5-6,11,13-14,19H,7-10H2,1-4H3,(H,20,21). The second-order valence-corrected chi connectivity index (χ2v) is 7.03. The predicted molar refractivity (Wildman–Crippen MR) is 88.0 cm³/mol. The molecule has 1 aromatic heterocycles. The van der Waals surface area contributed by atoms with E-state index in [0.717, 1.165) is 37.1 Å². The van der Waals surface area contributed by atoms with E-state index in [-0.39, 0.29) is 12.1 Å². The normalized spacial score (nSPS) is 22.0. The molecule has 1 fully saturated rings. The summed E-state index contributed by atoms with van der Waals surface area (Å²) in [6, 6.07) is 4.73. The maximum Gasteiger partial charge on any atom is 0.407 e. The Balaban J connectivity index is 1.73. The molecule has 0 unspecified atom stereocenters. The Labute approximate surface area is 132 Å². The van der Waals surface area contributed by atoms with Gasteiger partial charge >= 0.3 is 6.09 Å². The molecule has 5 nitrogen and oxygen atoms in total. The summed E-state index contributed by atoms with van der Waals surface area (Å²) in [5.41, 5.74) is 1.64. The quantitative estimate of drug-likeness (QED) is 0.895. The van der Waals surface area contributed by atoms with Crippen LogP contribution in [-0.2, 0) is 4.74 Å². The lowest BCUT2D eigenvalue weighted by Crippen LogP contribution is -2.42. The van der Waals surface area contributed by atoms with Gasteiger partial charge in [0.05, 0.1) is 11.9 Å². The van der Waals surface area contributed by atoms with Crippen molar-refractivity contribution in [3.63, 3.8) is 0 Å². The summed E-state index contributed by atoms with van der Waals surface area (Å²) in [6.45, 7) is 7.62. The van der Waals surface area contributed by atoms with Gasteiger partial charge in [0.25, 0.3) is 0 Å². The van der Waals surface area contributed by atoms with Crippen molar-refractivity contribution >= 4 is 11.8 Å². The number of alkyl carbamates (subject to hydrolysis) is 1. The summed E-state index contributed by atoms with van der Waals surface area (Å²) in [4.78, 5) is 16.1. The van der Waals surface area contributed by atoms with E-state index in [4.69, 9.17) is 4.74 Å². The first-order valence-corrected chi connectivity index (χ1v) is 8.00. The van der Waals surface area contributed by atoms with Crippen LogP contribution in [0.4, 0.5) is 10.5 Å². The second-order valence-electron chi connectivity index (χ2n) is 7.03. The zero-order valence-corrected chi connectivity index (χ0v) is 14.0. The molecule has 2 N–H and O–H groups in total. The van der Waals surface area contributed by atoms with Crippen molar-refractivity contribution in [2.75, 3.05) is 5.32 Å². The lowest BCUT2D eigenvalue weighted by Gasteiger charge is -2.31. The number of aryl methyl sites for hydroxylation is 1. The number of rotatable bonds is 3. The number of anilines is 1. The van der Waals surface area contributed by atoms with Gasteiger partial charge in [-0.05, 0) is 65.5 Å². The number of nitrogens with one attached hydrogen (secondary N) is 2. The molecule has 22 heavy (non-hydrogen) atoms. The molecule has 0 bridgehead atoms. The monoisotopic (exact) mass is 305 g/mol. The molecular formula is C17H27N3O2. The fourth-order valence-electron chi connectivity index (χ4n) is 2.65. The van der Waals surface area contributed by atoms with E-state index in [9.17, 15) is 4.79 Å². The number of amides is 1. The second kappa shape index (κ2) is 6.99. The first-order chi connectivity index (χ1) is 10.3. The van der Waals surface area contributed by atoms with Crippen molar-refractivity contribution in [1.82, 2.24) is 10.3 Å². The number of pyridine rings is 1. The maximum atomic E-state index is 11.8. The number of nitrogens with zero attached hydrogens (tertiary/aromatic N) is 1. The van der Waals surface area contributed by atoms with Crippen LogP contribution in [0.25, 0.3) is 0 Å². The molecule has 2 rings (SSSR count). The van der Waals surface area contributed by atoms with Crippen LogP contribution in [-0.4, -0.2) is 28.8 Å². The van der Waals surface area contributed by atoms with Gasteiger partial charge in [0.1, 0.15) is 5.60 Å². The van der Waals surface area contributed by atoms with Gasteiger partial charge in [0.2, 0.25) is 0 Å². The molecule has 5 heteroatoms. The van der Waals surface area contributed by atoms with Crippen LogP contribution in [0.1, 0.15) is 52.1 Å². The molecular weight excluding hydrogens is 278 g/mol. The van der Waals surface area contributed by atoms with Crippen LogP contribution in [0.3, 0.4) is 0 Å². The fourth-order valence-corrected chi connectivity index (χ4v) is 2.65. The third kappa shape index (κ3) is 5.54. The van der Waals surface area contributed by atoms with E-state index >= 15 is 0 Å². The molecule has 1 aliphatic carbocycles. The first kappa shape index (κ1) is 16.6. The van der Waals surface area contributed by atoms with Gasteiger partial charge in [-0.15, -0.1) is 0 Å². The summed E-state index contributed by atoms with van der Waals surface area (Å²) >= 11 is 0. The average molecular weight is 305 g/mol. The molecule has 1 aromatic rings. The first-order valence-electron chi connectivity index (χ1n) is 8.00. The van der Waals surface area contributed by atoms with Gasteiger partial charge in [-0.25, -0.2) is 4.79 Å². The molecule has 1 saturated carbocycles. The molecule has 1 amide bonds. The number of hydrogen-bond acceptors (Lipinski definition) is 4. The summed E-state index contributed by atoms with van der Waals surface area (Å²) in [5.74, 6) is 0. The molecule has 0 aliphatic heterocycles. The Kier molecular flexibility index (Phi) is 5.27. The van der Waals surface area contributed by atoms with Crippen molar-refractivity contribution in [3.8, 4) is 0 Å². The minimum Gasteiger partial charge on any atom is -0.444 e. The van der Waals surface area contributed by atoms with Crippen LogP contribution >= 0.6 is 0 Å². The highest BCUT2D eigenvalue weighted by Gasteiger charge is 2.24. The van der Waals surface area contributed by atoms with Crippen molar-refractivity contribution in [2.45, 2.75) is 71.1 Å².